The van der Waals surface area contributed by atoms with Gasteiger partial charge >= 0.3 is 6.09 Å². The number of likely N-dealkylation sites (tertiary alicyclic amines) is 1. The SMILES string of the molecule is C#CCN(c1cnc(N(CC)CC)nc1NC(C)Cc1ccc(OC(=O)N2CCCC2)cc1)S(=O)(=O)c1ccc(C)cc1. The Kier molecular flexibility index (Phi) is 10.5. The molecule has 2 heterocycles. The molecule has 1 unspecified atom stereocenters. The third kappa shape index (κ3) is 7.76. The van der Waals surface area contributed by atoms with Gasteiger partial charge in [0.15, 0.2) is 5.82 Å². The molecule has 228 valence electrons. The molecule has 2 aromatic carbocycles. The van der Waals surface area contributed by atoms with Crippen molar-refractivity contribution in [3.8, 4) is 18.1 Å². The second kappa shape index (κ2) is 14.2. The summed E-state index contributed by atoms with van der Waals surface area (Å²) in [6.45, 7) is 10.6. The predicted molar refractivity (Wildman–Crippen MR) is 170 cm³/mol. The van der Waals surface area contributed by atoms with Crippen LogP contribution < -0.4 is 19.3 Å². The highest BCUT2D eigenvalue weighted by molar-refractivity contribution is 7.92. The molecule has 11 heteroatoms. The molecule has 43 heavy (non-hydrogen) atoms. The standard InChI is InChI=1S/C32H40N6O4S/c1-6-19-38(43(40,41)28-17-11-24(4)12-18-28)29-23-33-31(36(7-2)8-3)35-30(29)34-25(5)22-26-13-15-27(16-14-26)42-32(39)37-20-9-10-21-37/h1,11-18,23,25H,7-10,19-22H2,2-5H3,(H,33,34,35). The number of carbonyl (C=O) groups excluding carboxylic acids is 1. The molecule has 10 nitrogen and oxygen atoms in total. The minimum Gasteiger partial charge on any atom is -0.410 e. The summed E-state index contributed by atoms with van der Waals surface area (Å²) in [6.07, 6.45) is 9.46. The zero-order chi connectivity index (χ0) is 31.0. The number of aromatic nitrogens is 2. The molecule has 1 saturated heterocycles. The highest BCUT2D eigenvalue weighted by Crippen LogP contribution is 2.31. The topological polar surface area (TPSA) is 108 Å². The van der Waals surface area contributed by atoms with E-state index in [1.165, 1.54) is 10.5 Å². The second-order valence-electron chi connectivity index (χ2n) is 10.6. The minimum absolute atomic E-state index is 0.130. The number of amides is 1. The Labute approximate surface area is 255 Å². The number of hydrogen-bond donors (Lipinski definition) is 1. The van der Waals surface area contributed by atoms with Crippen LogP contribution in [0.3, 0.4) is 0 Å². The fourth-order valence-electron chi connectivity index (χ4n) is 4.93. The fourth-order valence-corrected chi connectivity index (χ4v) is 6.30. The van der Waals surface area contributed by atoms with Crippen molar-refractivity contribution in [2.75, 3.05) is 47.2 Å². The molecule has 1 amide bonds. The molecular weight excluding hydrogens is 564 g/mol. The average molecular weight is 605 g/mol. The van der Waals surface area contributed by atoms with E-state index in [1.807, 2.05) is 44.7 Å². The Morgan fingerprint density at radius 3 is 2.35 bits per heavy atom. The third-order valence-corrected chi connectivity index (χ3v) is 9.11. The number of sulfonamides is 1. The molecule has 0 bridgehead atoms. The van der Waals surface area contributed by atoms with Crippen LogP contribution >= 0.6 is 0 Å². The summed E-state index contributed by atoms with van der Waals surface area (Å²) in [7, 11) is -4.00. The van der Waals surface area contributed by atoms with Gasteiger partial charge in [-0.15, -0.1) is 6.42 Å². The summed E-state index contributed by atoms with van der Waals surface area (Å²) in [5.41, 5.74) is 2.22. The van der Waals surface area contributed by atoms with Gasteiger partial charge in [0.25, 0.3) is 10.0 Å². The zero-order valence-electron chi connectivity index (χ0n) is 25.3. The van der Waals surface area contributed by atoms with E-state index in [9.17, 15) is 13.2 Å². The minimum atomic E-state index is -4.00. The van der Waals surface area contributed by atoms with Gasteiger partial charge in [0.05, 0.1) is 17.6 Å². The van der Waals surface area contributed by atoms with Crippen LogP contribution in [0.4, 0.5) is 22.2 Å². The van der Waals surface area contributed by atoms with Crippen molar-refractivity contribution in [1.82, 2.24) is 14.9 Å². The molecule has 0 aliphatic carbocycles. The molecule has 1 N–H and O–H groups in total. The number of aryl methyl sites for hydroxylation is 1. The van der Waals surface area contributed by atoms with E-state index in [1.54, 1.807) is 41.3 Å². The summed E-state index contributed by atoms with van der Waals surface area (Å²) in [5, 5.41) is 3.41. The van der Waals surface area contributed by atoms with Crippen molar-refractivity contribution in [2.24, 2.45) is 0 Å². The zero-order valence-corrected chi connectivity index (χ0v) is 26.1. The number of anilines is 3. The predicted octanol–water partition coefficient (Wildman–Crippen LogP) is 5.10. The highest BCUT2D eigenvalue weighted by Gasteiger charge is 2.28. The van der Waals surface area contributed by atoms with Crippen LogP contribution in [0, 0.1) is 19.3 Å². The summed E-state index contributed by atoms with van der Waals surface area (Å²) in [4.78, 5) is 25.4. The first-order valence-electron chi connectivity index (χ1n) is 14.6. The molecule has 0 radical (unpaired) electrons. The van der Waals surface area contributed by atoms with Crippen molar-refractivity contribution in [3.63, 3.8) is 0 Å². The molecule has 1 aliphatic rings. The molecule has 3 aromatic rings. The quantitative estimate of drug-likeness (QED) is 0.285. The van der Waals surface area contributed by atoms with Crippen molar-refractivity contribution in [1.29, 1.82) is 0 Å². The number of benzene rings is 2. The van der Waals surface area contributed by atoms with Gasteiger partial charge < -0.3 is 19.9 Å². The Bertz CT molecular complexity index is 1530. The van der Waals surface area contributed by atoms with Crippen LogP contribution in [-0.4, -0.2) is 68.1 Å². The Balaban J connectivity index is 1.59. The Morgan fingerprint density at radius 1 is 1.09 bits per heavy atom. The summed E-state index contributed by atoms with van der Waals surface area (Å²) >= 11 is 0. The van der Waals surface area contributed by atoms with E-state index >= 15 is 0 Å². The second-order valence-corrected chi connectivity index (χ2v) is 12.4. The number of ether oxygens (including phenoxy) is 1. The van der Waals surface area contributed by atoms with Crippen molar-refractivity contribution in [2.45, 2.75) is 57.9 Å². The van der Waals surface area contributed by atoms with E-state index < -0.39 is 10.0 Å². The largest absolute Gasteiger partial charge is 0.415 e. The molecule has 1 fully saturated rings. The maximum absolute atomic E-state index is 13.8. The first-order valence-corrected chi connectivity index (χ1v) is 16.1. The number of nitrogens with one attached hydrogen (secondary N) is 1. The van der Waals surface area contributed by atoms with E-state index in [-0.39, 0.29) is 29.3 Å². The number of nitrogens with zero attached hydrogens (tertiary/aromatic N) is 5. The van der Waals surface area contributed by atoms with Gasteiger partial charge in [0.2, 0.25) is 5.95 Å². The number of rotatable bonds is 12. The normalized spacial score (nSPS) is 13.7. The van der Waals surface area contributed by atoms with Crippen LogP contribution in [0.15, 0.2) is 59.6 Å². The fraction of sp³-hybridized carbons (Fsp3) is 0.406. The lowest BCUT2D eigenvalue weighted by Crippen LogP contribution is -2.34. The van der Waals surface area contributed by atoms with E-state index in [4.69, 9.17) is 16.1 Å². The summed E-state index contributed by atoms with van der Waals surface area (Å²) in [6, 6.07) is 13.9. The van der Waals surface area contributed by atoms with E-state index in [2.05, 4.69) is 16.2 Å². The number of carbonyl (C=O) groups is 1. The first-order chi connectivity index (χ1) is 20.7. The van der Waals surface area contributed by atoms with Crippen LogP contribution in [-0.2, 0) is 16.4 Å². The third-order valence-electron chi connectivity index (χ3n) is 7.33. The molecule has 4 rings (SSSR count). The van der Waals surface area contributed by atoms with Gasteiger partial charge in [-0.3, -0.25) is 0 Å². The maximum atomic E-state index is 13.8. The number of hydrogen-bond acceptors (Lipinski definition) is 8. The van der Waals surface area contributed by atoms with Crippen molar-refractivity contribution in [3.05, 3.63) is 65.9 Å². The summed E-state index contributed by atoms with van der Waals surface area (Å²) in [5.74, 6) is 3.83. The lowest BCUT2D eigenvalue weighted by molar-refractivity contribution is 0.163. The van der Waals surface area contributed by atoms with Gasteiger partial charge in [-0.25, -0.2) is 22.5 Å². The maximum Gasteiger partial charge on any atom is 0.415 e. The molecule has 0 saturated carbocycles. The van der Waals surface area contributed by atoms with Crippen molar-refractivity contribution >= 4 is 33.6 Å². The summed E-state index contributed by atoms with van der Waals surface area (Å²) < 4.78 is 34.3. The van der Waals surface area contributed by atoms with Crippen LogP contribution in [0.1, 0.15) is 44.7 Å². The molecule has 1 aromatic heterocycles. The van der Waals surface area contributed by atoms with Crippen LogP contribution in [0.25, 0.3) is 0 Å². The van der Waals surface area contributed by atoms with Gasteiger partial charge in [-0.05, 0) is 76.8 Å². The lowest BCUT2D eigenvalue weighted by Gasteiger charge is -2.27. The van der Waals surface area contributed by atoms with Gasteiger partial charge in [-0.1, -0.05) is 35.7 Å². The molecule has 1 atom stereocenters. The highest BCUT2D eigenvalue weighted by atomic mass is 32.2. The molecule has 0 spiro atoms. The van der Waals surface area contributed by atoms with Crippen LogP contribution in [0.5, 0.6) is 5.75 Å². The average Bonchev–Trinajstić information content (AvgIpc) is 3.54. The lowest BCUT2D eigenvalue weighted by atomic mass is 10.1. The molecular formula is C32H40N6O4S. The van der Waals surface area contributed by atoms with E-state index in [0.717, 1.165) is 37.1 Å². The van der Waals surface area contributed by atoms with Gasteiger partial charge in [0.1, 0.15) is 11.4 Å². The Morgan fingerprint density at radius 2 is 1.74 bits per heavy atom. The Hall–Kier alpha value is -4.30. The monoisotopic (exact) mass is 604 g/mol. The van der Waals surface area contributed by atoms with Crippen LogP contribution in [0.2, 0.25) is 0 Å². The molecule has 1 aliphatic heterocycles. The number of terminal acetylenes is 1. The first kappa shape index (κ1) is 31.6. The van der Waals surface area contributed by atoms with Gasteiger partial charge in [0, 0.05) is 32.2 Å². The van der Waals surface area contributed by atoms with Gasteiger partial charge in [-0.2, -0.15) is 4.98 Å². The van der Waals surface area contributed by atoms with Crippen molar-refractivity contribution < 1.29 is 17.9 Å². The smallest absolute Gasteiger partial charge is 0.410 e. The van der Waals surface area contributed by atoms with E-state index in [0.29, 0.717) is 37.0 Å².